The number of nitrogens with zero attached hydrogens (tertiary/aromatic N) is 6. The zero-order valence-electron chi connectivity index (χ0n) is 22.4. The van der Waals surface area contributed by atoms with Crippen LogP contribution in [0.1, 0.15) is 16.1 Å². The lowest BCUT2D eigenvalue weighted by Crippen LogP contribution is -2.56. The molecule has 2 atom stereocenters. The predicted octanol–water partition coefficient (Wildman–Crippen LogP) is 2.34. The summed E-state index contributed by atoms with van der Waals surface area (Å²) in [5.74, 6) is -0.0259. The van der Waals surface area contributed by atoms with E-state index in [2.05, 4.69) is 31.0 Å². The molecule has 3 amide bonds. The molecule has 2 saturated heterocycles. The highest BCUT2D eigenvalue weighted by Gasteiger charge is 2.37. The molecule has 2 fully saturated rings. The smallest absolute Gasteiger partial charge is 0.390 e. The van der Waals surface area contributed by atoms with Gasteiger partial charge in [-0.05, 0) is 18.2 Å². The van der Waals surface area contributed by atoms with Gasteiger partial charge in [0.2, 0.25) is 0 Å². The quantitative estimate of drug-likeness (QED) is 0.228. The van der Waals surface area contributed by atoms with Gasteiger partial charge in [0.15, 0.2) is 11.5 Å². The van der Waals surface area contributed by atoms with Gasteiger partial charge in [-0.25, -0.2) is 14.8 Å². The fraction of sp³-hybridized carbons (Fsp3) is 0.346. The molecule has 5 heterocycles. The Bertz CT molecular complexity index is 1670. The second kappa shape index (κ2) is 11.3. The van der Waals surface area contributed by atoms with Crippen LogP contribution in [0.25, 0.3) is 16.9 Å². The molecule has 0 radical (unpaired) electrons. The van der Waals surface area contributed by atoms with E-state index in [-0.39, 0.29) is 51.3 Å². The number of fused-ring (bicyclic) bond motifs is 1. The van der Waals surface area contributed by atoms with Crippen molar-refractivity contribution in [3.63, 3.8) is 0 Å². The fourth-order valence-corrected chi connectivity index (χ4v) is 5.41. The highest BCUT2D eigenvalue weighted by Crippen LogP contribution is 2.36. The maximum absolute atomic E-state index is 13.4. The number of carbonyl (C=O) groups is 2. The van der Waals surface area contributed by atoms with E-state index in [1.165, 1.54) is 23.0 Å². The van der Waals surface area contributed by atoms with Crippen molar-refractivity contribution < 1.29 is 27.9 Å². The minimum atomic E-state index is -4.63. The Morgan fingerprint density at radius 3 is 2.53 bits per heavy atom. The predicted molar refractivity (Wildman–Crippen MR) is 149 cm³/mol. The number of anilines is 2. The minimum Gasteiger partial charge on any atom is -0.390 e. The molecule has 17 heteroatoms. The van der Waals surface area contributed by atoms with Crippen LogP contribution in [0.4, 0.5) is 29.5 Å². The second-order valence-electron chi connectivity index (χ2n) is 10.1. The molecular formula is C26H26ClF3N10O3. The van der Waals surface area contributed by atoms with Gasteiger partial charge in [-0.15, -0.1) is 0 Å². The van der Waals surface area contributed by atoms with E-state index in [0.717, 1.165) is 6.20 Å². The van der Waals surface area contributed by atoms with Crippen LogP contribution in [-0.4, -0.2) is 103 Å². The molecule has 5 N–H and O–H groups in total. The molecule has 0 bridgehead atoms. The van der Waals surface area contributed by atoms with Gasteiger partial charge in [-0.3, -0.25) is 14.3 Å². The molecule has 6 rings (SSSR count). The number of aliphatic hydroxyl groups excluding tert-OH is 1. The van der Waals surface area contributed by atoms with Crippen molar-refractivity contribution in [1.29, 1.82) is 0 Å². The van der Waals surface area contributed by atoms with Gasteiger partial charge in [0, 0.05) is 57.3 Å². The molecule has 2 aliphatic heterocycles. The molecule has 0 spiro atoms. The van der Waals surface area contributed by atoms with E-state index in [0.29, 0.717) is 45.0 Å². The first-order valence-corrected chi connectivity index (χ1v) is 13.7. The molecule has 226 valence electrons. The SMILES string of the molecule is O=C(N[C@@H]1CNC[C@H]1O)N1CCN(C(=O)c2ccc(Nc3nccn4c(-c5cn[nH]c5C(F)(F)F)cnc34)cc2Cl)CC1. The number of urea groups is 1. The van der Waals surface area contributed by atoms with Crippen LogP contribution < -0.4 is 16.0 Å². The van der Waals surface area contributed by atoms with Crippen LogP contribution >= 0.6 is 11.6 Å². The molecule has 0 aliphatic carbocycles. The van der Waals surface area contributed by atoms with Crippen LogP contribution in [0.5, 0.6) is 0 Å². The first kappa shape index (κ1) is 28.7. The molecule has 3 aromatic heterocycles. The summed E-state index contributed by atoms with van der Waals surface area (Å²) in [5.41, 5.74) is 0.0541. The monoisotopic (exact) mass is 618 g/mol. The third-order valence-corrected chi connectivity index (χ3v) is 7.75. The number of imidazole rings is 1. The van der Waals surface area contributed by atoms with Gasteiger partial charge < -0.3 is 30.9 Å². The Labute approximate surface area is 247 Å². The van der Waals surface area contributed by atoms with Crippen molar-refractivity contribution in [1.82, 2.24) is 45.0 Å². The summed E-state index contributed by atoms with van der Waals surface area (Å²) in [5, 5.41) is 24.5. The number of hydrogen-bond acceptors (Lipinski definition) is 8. The van der Waals surface area contributed by atoms with Crippen LogP contribution in [0, 0.1) is 0 Å². The molecule has 43 heavy (non-hydrogen) atoms. The van der Waals surface area contributed by atoms with Gasteiger partial charge in [0.1, 0.15) is 5.69 Å². The number of piperazine rings is 1. The molecular weight excluding hydrogens is 593 g/mol. The van der Waals surface area contributed by atoms with Gasteiger partial charge >= 0.3 is 12.2 Å². The molecule has 1 aromatic carbocycles. The number of benzene rings is 1. The van der Waals surface area contributed by atoms with E-state index >= 15 is 0 Å². The largest absolute Gasteiger partial charge is 0.433 e. The lowest BCUT2D eigenvalue weighted by Gasteiger charge is -2.35. The Morgan fingerprint density at radius 2 is 1.84 bits per heavy atom. The van der Waals surface area contributed by atoms with E-state index in [1.54, 1.807) is 28.0 Å². The summed E-state index contributed by atoms with van der Waals surface area (Å²) in [6, 6.07) is 4.11. The van der Waals surface area contributed by atoms with Crippen molar-refractivity contribution in [2.45, 2.75) is 18.3 Å². The van der Waals surface area contributed by atoms with Crippen LogP contribution in [0.15, 0.2) is 43.0 Å². The van der Waals surface area contributed by atoms with E-state index < -0.39 is 18.0 Å². The zero-order valence-corrected chi connectivity index (χ0v) is 23.2. The molecule has 4 aromatic rings. The summed E-state index contributed by atoms with van der Waals surface area (Å²) >= 11 is 6.50. The van der Waals surface area contributed by atoms with Gasteiger partial charge in [0.25, 0.3) is 5.91 Å². The number of nitrogens with one attached hydrogen (secondary N) is 4. The fourth-order valence-electron chi connectivity index (χ4n) is 5.15. The van der Waals surface area contributed by atoms with Crippen LogP contribution in [0.2, 0.25) is 5.02 Å². The highest BCUT2D eigenvalue weighted by molar-refractivity contribution is 6.34. The number of aromatic amines is 1. The van der Waals surface area contributed by atoms with E-state index in [4.69, 9.17) is 11.6 Å². The number of aliphatic hydroxyl groups is 1. The normalized spacial score (nSPS) is 19.2. The number of rotatable bonds is 5. The molecule has 13 nitrogen and oxygen atoms in total. The minimum absolute atomic E-state index is 0.158. The molecule has 0 unspecified atom stereocenters. The summed E-state index contributed by atoms with van der Waals surface area (Å²) in [6.45, 7) is 2.21. The number of β-amino-alcohol motifs (C(OH)–C–C–N with tert-alkyl or cyclic N) is 1. The number of alkyl halides is 3. The van der Waals surface area contributed by atoms with Crippen molar-refractivity contribution in [2.75, 3.05) is 44.6 Å². The maximum atomic E-state index is 13.4. The van der Waals surface area contributed by atoms with Gasteiger partial charge in [-0.1, -0.05) is 11.6 Å². The summed E-state index contributed by atoms with van der Waals surface area (Å²) in [7, 11) is 0. The topological polar surface area (TPSA) is 156 Å². The summed E-state index contributed by atoms with van der Waals surface area (Å²) < 4.78 is 41.7. The van der Waals surface area contributed by atoms with Crippen molar-refractivity contribution in [3.05, 3.63) is 59.3 Å². The van der Waals surface area contributed by atoms with Gasteiger partial charge in [-0.2, -0.15) is 18.3 Å². The van der Waals surface area contributed by atoms with Gasteiger partial charge in [0.05, 0.1) is 46.4 Å². The highest BCUT2D eigenvalue weighted by atomic mass is 35.5. The Balaban J connectivity index is 1.12. The summed E-state index contributed by atoms with van der Waals surface area (Å²) in [4.78, 5) is 37.5. The zero-order chi connectivity index (χ0) is 30.3. The van der Waals surface area contributed by atoms with Crippen molar-refractivity contribution in [3.8, 4) is 11.3 Å². The van der Waals surface area contributed by atoms with Crippen molar-refractivity contribution in [2.24, 2.45) is 0 Å². The Hall–Kier alpha value is -4.41. The first-order chi connectivity index (χ1) is 20.6. The Kier molecular flexibility index (Phi) is 7.57. The number of aromatic nitrogens is 5. The third kappa shape index (κ3) is 5.68. The lowest BCUT2D eigenvalue weighted by molar-refractivity contribution is -0.140. The summed E-state index contributed by atoms with van der Waals surface area (Å²) in [6.07, 6.45) is 0.0308. The number of hydrogen-bond donors (Lipinski definition) is 5. The maximum Gasteiger partial charge on any atom is 0.433 e. The van der Waals surface area contributed by atoms with E-state index in [1.807, 2.05) is 5.10 Å². The lowest BCUT2D eigenvalue weighted by atomic mass is 10.1. The van der Waals surface area contributed by atoms with E-state index in [9.17, 15) is 27.9 Å². The second-order valence-corrected chi connectivity index (χ2v) is 10.6. The Morgan fingerprint density at radius 1 is 1.07 bits per heavy atom. The first-order valence-electron chi connectivity index (χ1n) is 13.3. The van der Waals surface area contributed by atoms with Crippen LogP contribution in [0.3, 0.4) is 0 Å². The van der Waals surface area contributed by atoms with Crippen LogP contribution in [-0.2, 0) is 6.18 Å². The number of carbonyl (C=O) groups excluding carboxylic acids is 2. The average molecular weight is 619 g/mol. The third-order valence-electron chi connectivity index (χ3n) is 7.43. The number of amides is 3. The molecule has 2 aliphatic rings. The number of H-pyrrole nitrogens is 1. The number of halogens is 4. The average Bonchev–Trinajstić information content (AvgIpc) is 3.73. The molecule has 0 saturated carbocycles. The van der Waals surface area contributed by atoms with Crippen molar-refractivity contribution >= 4 is 40.7 Å². The standard InChI is InChI=1S/C26H26ClF3N10O3/c27-17-9-14(35-22-23-33-12-19(40(23)4-3-32-22)16-10-34-37-21(16)26(28,29)30)1-2-15(17)24(42)38-5-7-39(8-6-38)25(43)36-18-11-31-13-20(18)41/h1-4,9-10,12,18,20,31,41H,5-8,11,13H2,(H,32,35)(H,34,37)(H,36,43)/t18-,20-/m1/s1.